The van der Waals surface area contributed by atoms with Crippen LogP contribution in [-0.4, -0.2) is 36.9 Å². The quantitative estimate of drug-likeness (QED) is 0.763. The SMILES string of the molecule is CC(=O)OCCC(C)C.CC(C)CCO.CCOC(C)=O. The van der Waals surface area contributed by atoms with Crippen LogP contribution in [0.3, 0.4) is 0 Å². The lowest BCUT2D eigenvalue weighted by atomic mass is 10.1. The Morgan fingerprint density at radius 2 is 1.33 bits per heavy atom. The molecule has 0 aliphatic carbocycles. The van der Waals surface area contributed by atoms with Crippen LogP contribution in [0.25, 0.3) is 0 Å². The van der Waals surface area contributed by atoms with Gasteiger partial charge in [0, 0.05) is 20.5 Å². The standard InChI is InChI=1S/C7H14O2.C5H12O.C4H8O2/c1-6(2)4-5-9-7(3)8;1-5(2)3-4-6;1-3-6-4(2)5/h6H,4-5H2,1-3H3;5-6H,3-4H2,1-2H3;3H2,1-2H3. The maximum atomic E-state index is 10.2. The molecule has 1 N–H and O–H groups in total. The highest BCUT2D eigenvalue weighted by Gasteiger charge is 1.95. The highest BCUT2D eigenvalue weighted by Crippen LogP contribution is 1.98. The Kier molecular flexibility index (Phi) is 22.4. The fraction of sp³-hybridized carbons (Fsp3) is 0.875. The van der Waals surface area contributed by atoms with Crippen molar-refractivity contribution in [2.45, 2.75) is 61.3 Å². The lowest BCUT2D eigenvalue weighted by molar-refractivity contribution is -0.141. The van der Waals surface area contributed by atoms with Gasteiger partial charge in [-0.3, -0.25) is 9.59 Å². The van der Waals surface area contributed by atoms with Crippen LogP contribution < -0.4 is 0 Å². The molecule has 0 aromatic rings. The smallest absolute Gasteiger partial charge is 0.302 e. The number of hydrogen-bond donors (Lipinski definition) is 1. The van der Waals surface area contributed by atoms with Crippen LogP contribution in [0.15, 0.2) is 0 Å². The highest BCUT2D eigenvalue weighted by atomic mass is 16.5. The molecule has 5 heteroatoms. The van der Waals surface area contributed by atoms with Gasteiger partial charge >= 0.3 is 11.9 Å². The van der Waals surface area contributed by atoms with Gasteiger partial charge in [-0.15, -0.1) is 0 Å². The molecule has 0 rings (SSSR count). The first-order valence-corrected chi connectivity index (χ1v) is 7.54. The second-order valence-electron chi connectivity index (χ2n) is 5.35. The third-order valence-electron chi connectivity index (χ3n) is 2.05. The van der Waals surface area contributed by atoms with E-state index >= 15 is 0 Å². The van der Waals surface area contributed by atoms with E-state index in [2.05, 4.69) is 32.4 Å². The zero-order chi connectivity index (χ0) is 17.3. The summed E-state index contributed by atoms with van der Waals surface area (Å²) in [4.78, 5) is 20.0. The van der Waals surface area contributed by atoms with E-state index in [1.807, 2.05) is 0 Å². The monoisotopic (exact) mass is 306 g/mol. The first-order chi connectivity index (χ1) is 9.67. The first kappa shape index (κ1) is 24.9. The zero-order valence-corrected chi connectivity index (χ0v) is 14.8. The lowest BCUT2D eigenvalue weighted by Gasteiger charge is -2.02. The van der Waals surface area contributed by atoms with Crippen molar-refractivity contribution in [3.8, 4) is 0 Å². The summed E-state index contributed by atoms with van der Waals surface area (Å²) in [5.41, 5.74) is 0. The fourth-order valence-corrected chi connectivity index (χ4v) is 0.900. The van der Waals surface area contributed by atoms with Gasteiger partial charge in [-0.2, -0.15) is 0 Å². The van der Waals surface area contributed by atoms with Crippen LogP contribution >= 0.6 is 0 Å². The number of aliphatic hydroxyl groups excluding tert-OH is 1. The maximum absolute atomic E-state index is 10.2. The molecule has 0 aromatic carbocycles. The number of carbonyl (C=O) groups excluding carboxylic acids is 2. The minimum Gasteiger partial charge on any atom is -0.466 e. The van der Waals surface area contributed by atoms with Crippen LogP contribution in [-0.2, 0) is 19.1 Å². The van der Waals surface area contributed by atoms with Gasteiger partial charge in [-0.05, 0) is 31.6 Å². The highest BCUT2D eigenvalue weighted by molar-refractivity contribution is 5.66. The van der Waals surface area contributed by atoms with Crippen molar-refractivity contribution < 1.29 is 24.2 Å². The summed E-state index contributed by atoms with van der Waals surface area (Å²) in [6, 6.07) is 0. The fourth-order valence-electron chi connectivity index (χ4n) is 0.900. The molecule has 0 aliphatic rings. The molecule has 21 heavy (non-hydrogen) atoms. The number of aliphatic hydroxyl groups is 1. The third-order valence-corrected chi connectivity index (χ3v) is 2.05. The van der Waals surface area contributed by atoms with Crippen LogP contribution in [0.5, 0.6) is 0 Å². The van der Waals surface area contributed by atoms with Crippen LogP contribution in [0.2, 0.25) is 0 Å². The second-order valence-corrected chi connectivity index (χ2v) is 5.35. The lowest BCUT2D eigenvalue weighted by Crippen LogP contribution is -2.02. The summed E-state index contributed by atoms with van der Waals surface area (Å²) < 4.78 is 9.12. The molecule has 0 saturated heterocycles. The van der Waals surface area contributed by atoms with E-state index in [1.165, 1.54) is 13.8 Å². The largest absolute Gasteiger partial charge is 0.466 e. The molecular formula is C16H34O5. The molecule has 0 aromatic heterocycles. The molecule has 0 fully saturated rings. The van der Waals surface area contributed by atoms with Crippen LogP contribution in [0, 0.1) is 11.8 Å². The Morgan fingerprint density at radius 3 is 1.48 bits per heavy atom. The van der Waals surface area contributed by atoms with Crippen molar-refractivity contribution in [3.63, 3.8) is 0 Å². The Labute approximate surface area is 130 Å². The number of carbonyl (C=O) groups is 2. The zero-order valence-electron chi connectivity index (χ0n) is 14.8. The minimum absolute atomic E-state index is 0.185. The molecule has 5 nitrogen and oxygen atoms in total. The Bertz CT molecular complexity index is 237. The molecule has 0 saturated carbocycles. The Hall–Kier alpha value is -1.10. The van der Waals surface area contributed by atoms with Gasteiger partial charge in [-0.25, -0.2) is 0 Å². The van der Waals surface area contributed by atoms with E-state index in [0.717, 1.165) is 12.8 Å². The number of ether oxygens (including phenoxy) is 2. The molecule has 0 aliphatic heterocycles. The molecule has 0 atom stereocenters. The van der Waals surface area contributed by atoms with Gasteiger partial charge in [0.2, 0.25) is 0 Å². The van der Waals surface area contributed by atoms with Crippen molar-refractivity contribution in [1.82, 2.24) is 0 Å². The minimum atomic E-state index is -0.211. The van der Waals surface area contributed by atoms with Crippen molar-refractivity contribution in [1.29, 1.82) is 0 Å². The average molecular weight is 306 g/mol. The van der Waals surface area contributed by atoms with E-state index in [4.69, 9.17) is 9.84 Å². The van der Waals surface area contributed by atoms with E-state index in [0.29, 0.717) is 31.7 Å². The van der Waals surface area contributed by atoms with E-state index in [1.54, 1.807) is 6.92 Å². The molecule has 0 unspecified atom stereocenters. The van der Waals surface area contributed by atoms with Crippen LogP contribution in [0.1, 0.15) is 61.3 Å². The van der Waals surface area contributed by atoms with E-state index in [9.17, 15) is 9.59 Å². The van der Waals surface area contributed by atoms with Gasteiger partial charge in [0.15, 0.2) is 0 Å². The normalized spacial score (nSPS) is 9.24. The first-order valence-electron chi connectivity index (χ1n) is 7.54. The van der Waals surface area contributed by atoms with Gasteiger partial charge in [0.1, 0.15) is 0 Å². The average Bonchev–Trinajstić information content (AvgIpc) is 2.28. The number of rotatable bonds is 6. The van der Waals surface area contributed by atoms with Crippen molar-refractivity contribution in [2.75, 3.05) is 19.8 Å². The van der Waals surface area contributed by atoms with Gasteiger partial charge in [-0.1, -0.05) is 27.7 Å². The maximum Gasteiger partial charge on any atom is 0.302 e. The van der Waals surface area contributed by atoms with E-state index in [-0.39, 0.29) is 11.9 Å². The summed E-state index contributed by atoms with van der Waals surface area (Å²) in [6.45, 7) is 14.4. The molecule has 0 spiro atoms. The summed E-state index contributed by atoms with van der Waals surface area (Å²) in [6.07, 6.45) is 1.89. The van der Waals surface area contributed by atoms with Gasteiger partial charge < -0.3 is 14.6 Å². The molecule has 0 bridgehead atoms. The number of esters is 2. The summed E-state index contributed by atoms with van der Waals surface area (Å²) in [7, 11) is 0. The predicted molar refractivity (Wildman–Crippen MR) is 84.9 cm³/mol. The van der Waals surface area contributed by atoms with Gasteiger partial charge in [0.25, 0.3) is 0 Å². The Balaban J connectivity index is -0.000000240. The summed E-state index contributed by atoms with van der Waals surface area (Å²) in [5.74, 6) is 0.868. The predicted octanol–water partition coefficient (Wildman–Crippen LogP) is 3.19. The molecule has 128 valence electrons. The topological polar surface area (TPSA) is 72.8 Å². The Morgan fingerprint density at radius 1 is 0.905 bits per heavy atom. The van der Waals surface area contributed by atoms with Gasteiger partial charge in [0.05, 0.1) is 13.2 Å². The van der Waals surface area contributed by atoms with E-state index < -0.39 is 0 Å². The van der Waals surface area contributed by atoms with Crippen molar-refractivity contribution in [3.05, 3.63) is 0 Å². The third kappa shape index (κ3) is 45.4. The molecule has 0 radical (unpaired) electrons. The summed E-state index contributed by atoms with van der Waals surface area (Å²) >= 11 is 0. The molecular weight excluding hydrogens is 272 g/mol. The van der Waals surface area contributed by atoms with Crippen molar-refractivity contribution in [2.24, 2.45) is 11.8 Å². The number of hydrogen-bond acceptors (Lipinski definition) is 5. The molecule has 0 amide bonds. The summed E-state index contributed by atoms with van der Waals surface area (Å²) in [5, 5.41) is 8.24. The van der Waals surface area contributed by atoms with Crippen LogP contribution in [0.4, 0.5) is 0 Å². The second kappa shape index (κ2) is 18.9. The molecule has 0 heterocycles. The van der Waals surface area contributed by atoms with Crippen molar-refractivity contribution >= 4 is 11.9 Å².